The van der Waals surface area contributed by atoms with Gasteiger partial charge in [-0.1, -0.05) is 23.4 Å². The molecule has 0 bridgehead atoms. The summed E-state index contributed by atoms with van der Waals surface area (Å²) in [6.45, 7) is 0. The second-order valence-electron chi connectivity index (χ2n) is 4.92. The molecule has 3 aromatic heterocycles. The van der Waals surface area contributed by atoms with E-state index >= 15 is 0 Å². The number of fused-ring (bicyclic) bond motifs is 1. The van der Waals surface area contributed by atoms with Crippen LogP contribution in [0.4, 0.5) is 0 Å². The summed E-state index contributed by atoms with van der Waals surface area (Å²) in [5, 5.41) is 5.21. The molecule has 3 heterocycles. The molecule has 6 nitrogen and oxygen atoms in total. The van der Waals surface area contributed by atoms with Crippen LogP contribution < -0.4 is 0 Å². The van der Waals surface area contributed by atoms with Gasteiger partial charge in [0.25, 0.3) is 0 Å². The Bertz CT molecular complexity index is 888. The molecule has 0 unspecified atom stereocenters. The number of benzene rings is 1. The first-order chi connectivity index (χ1) is 10.3. The van der Waals surface area contributed by atoms with Gasteiger partial charge in [0.2, 0.25) is 11.7 Å². The zero-order chi connectivity index (χ0) is 14.2. The van der Waals surface area contributed by atoms with Crippen molar-refractivity contribution in [3.05, 3.63) is 54.6 Å². The maximum absolute atomic E-state index is 5.33. The highest BCUT2D eigenvalue weighted by molar-refractivity contribution is 5.94. The molecule has 0 aliphatic carbocycles. The molecule has 0 aliphatic heterocycles. The zero-order valence-corrected chi connectivity index (χ0v) is 11.4. The molecule has 1 N–H and O–H groups in total. The number of rotatable bonds is 3. The summed E-state index contributed by atoms with van der Waals surface area (Å²) in [5.41, 5.74) is 3.00. The Morgan fingerprint density at radius 1 is 1.29 bits per heavy atom. The molecule has 0 saturated heterocycles. The highest BCUT2D eigenvalue weighted by Gasteiger charge is 2.14. The van der Waals surface area contributed by atoms with E-state index in [1.54, 1.807) is 6.33 Å². The topological polar surface area (TPSA) is 72.5 Å². The van der Waals surface area contributed by atoms with Crippen LogP contribution in [0.2, 0.25) is 0 Å². The standard InChI is InChI=1S/C15H13N5O/c1-20-8-12(11-4-2-3-5-13(11)20)15-18-14(21-19-15)6-10-7-16-9-17-10/h2-5,7-9H,6H2,1H3,(H,16,17). The van der Waals surface area contributed by atoms with Crippen molar-refractivity contribution in [1.82, 2.24) is 24.7 Å². The Morgan fingerprint density at radius 3 is 3.05 bits per heavy atom. The average Bonchev–Trinajstić information content (AvgIpc) is 3.21. The van der Waals surface area contributed by atoms with E-state index in [1.807, 2.05) is 31.6 Å². The van der Waals surface area contributed by atoms with Gasteiger partial charge in [-0.05, 0) is 6.07 Å². The van der Waals surface area contributed by atoms with Crippen LogP contribution in [0.25, 0.3) is 22.3 Å². The minimum Gasteiger partial charge on any atom is -0.351 e. The molecule has 0 radical (unpaired) electrons. The summed E-state index contributed by atoms with van der Waals surface area (Å²) in [6, 6.07) is 8.17. The summed E-state index contributed by atoms with van der Waals surface area (Å²) < 4.78 is 7.39. The van der Waals surface area contributed by atoms with Crippen molar-refractivity contribution in [3.8, 4) is 11.4 Å². The van der Waals surface area contributed by atoms with E-state index in [4.69, 9.17) is 4.52 Å². The highest BCUT2D eigenvalue weighted by atomic mass is 16.5. The first-order valence-electron chi connectivity index (χ1n) is 6.66. The van der Waals surface area contributed by atoms with Gasteiger partial charge in [-0.2, -0.15) is 4.98 Å². The number of nitrogens with zero attached hydrogens (tertiary/aromatic N) is 4. The van der Waals surface area contributed by atoms with Crippen molar-refractivity contribution >= 4 is 10.9 Å². The number of aryl methyl sites for hydroxylation is 1. The molecule has 104 valence electrons. The lowest BCUT2D eigenvalue weighted by Crippen LogP contribution is -1.88. The lowest BCUT2D eigenvalue weighted by molar-refractivity contribution is 0.385. The quantitative estimate of drug-likeness (QED) is 0.625. The van der Waals surface area contributed by atoms with Crippen LogP contribution in [0.5, 0.6) is 0 Å². The van der Waals surface area contributed by atoms with E-state index in [0.29, 0.717) is 18.1 Å². The molecule has 0 fully saturated rings. The van der Waals surface area contributed by atoms with E-state index < -0.39 is 0 Å². The van der Waals surface area contributed by atoms with Crippen LogP contribution >= 0.6 is 0 Å². The largest absolute Gasteiger partial charge is 0.351 e. The molecule has 0 saturated carbocycles. The summed E-state index contributed by atoms with van der Waals surface area (Å²) in [6.07, 6.45) is 6.01. The Morgan fingerprint density at radius 2 is 2.19 bits per heavy atom. The molecule has 1 aromatic carbocycles. The third-order valence-electron chi connectivity index (χ3n) is 3.49. The normalized spacial score (nSPS) is 11.3. The number of para-hydroxylation sites is 1. The van der Waals surface area contributed by atoms with Gasteiger partial charge >= 0.3 is 0 Å². The van der Waals surface area contributed by atoms with Crippen molar-refractivity contribution < 1.29 is 4.52 Å². The molecule has 0 atom stereocenters. The molecular weight excluding hydrogens is 266 g/mol. The van der Waals surface area contributed by atoms with Crippen molar-refractivity contribution in [3.63, 3.8) is 0 Å². The SMILES string of the molecule is Cn1cc(-c2noc(Cc3c[nH]cn3)n2)c2ccccc21. The van der Waals surface area contributed by atoms with Crippen LogP contribution in [0.1, 0.15) is 11.6 Å². The van der Waals surface area contributed by atoms with Gasteiger partial charge in [0.15, 0.2) is 0 Å². The van der Waals surface area contributed by atoms with Gasteiger partial charge in [0.05, 0.1) is 18.4 Å². The van der Waals surface area contributed by atoms with Crippen molar-refractivity contribution in [2.45, 2.75) is 6.42 Å². The van der Waals surface area contributed by atoms with E-state index in [9.17, 15) is 0 Å². The molecule has 6 heteroatoms. The smallest absolute Gasteiger partial charge is 0.233 e. The van der Waals surface area contributed by atoms with Crippen molar-refractivity contribution in [2.24, 2.45) is 7.05 Å². The zero-order valence-electron chi connectivity index (χ0n) is 11.4. The summed E-state index contributed by atoms with van der Waals surface area (Å²) in [5.74, 6) is 1.17. The van der Waals surface area contributed by atoms with Gasteiger partial charge in [0, 0.05) is 35.9 Å². The Hall–Kier alpha value is -2.89. The highest BCUT2D eigenvalue weighted by Crippen LogP contribution is 2.28. The Kier molecular flexibility index (Phi) is 2.60. The van der Waals surface area contributed by atoms with Gasteiger partial charge in [-0.15, -0.1) is 0 Å². The van der Waals surface area contributed by atoms with Gasteiger partial charge in [0.1, 0.15) is 0 Å². The number of nitrogens with one attached hydrogen (secondary N) is 1. The molecule has 0 amide bonds. The Labute approximate surface area is 120 Å². The third-order valence-corrected chi connectivity index (χ3v) is 3.49. The number of hydrogen-bond donors (Lipinski definition) is 1. The number of aromatic amines is 1. The maximum atomic E-state index is 5.33. The van der Waals surface area contributed by atoms with E-state index in [0.717, 1.165) is 22.2 Å². The minimum atomic E-state index is 0.529. The van der Waals surface area contributed by atoms with Crippen LogP contribution in [-0.2, 0) is 13.5 Å². The summed E-state index contributed by atoms with van der Waals surface area (Å²) >= 11 is 0. The van der Waals surface area contributed by atoms with Gasteiger partial charge in [-0.3, -0.25) is 0 Å². The van der Waals surface area contributed by atoms with Crippen LogP contribution in [0.15, 0.2) is 47.5 Å². The van der Waals surface area contributed by atoms with Gasteiger partial charge in [-0.25, -0.2) is 4.98 Å². The van der Waals surface area contributed by atoms with Crippen LogP contribution in [-0.4, -0.2) is 24.7 Å². The summed E-state index contributed by atoms with van der Waals surface area (Å²) in [4.78, 5) is 11.5. The molecular formula is C15H13N5O. The van der Waals surface area contributed by atoms with Crippen molar-refractivity contribution in [1.29, 1.82) is 0 Å². The predicted octanol–water partition coefficient (Wildman–Crippen LogP) is 2.54. The predicted molar refractivity (Wildman–Crippen MR) is 77.6 cm³/mol. The van der Waals surface area contributed by atoms with Crippen LogP contribution in [0, 0.1) is 0 Å². The number of aromatic nitrogens is 5. The number of H-pyrrole nitrogens is 1. The summed E-state index contributed by atoms with van der Waals surface area (Å²) in [7, 11) is 2.01. The fourth-order valence-corrected chi connectivity index (χ4v) is 2.50. The molecule has 0 aliphatic rings. The minimum absolute atomic E-state index is 0.529. The second kappa shape index (κ2) is 4.59. The van der Waals surface area contributed by atoms with E-state index in [2.05, 4.69) is 36.8 Å². The third kappa shape index (κ3) is 2.01. The average molecular weight is 279 g/mol. The maximum Gasteiger partial charge on any atom is 0.233 e. The molecule has 21 heavy (non-hydrogen) atoms. The Balaban J connectivity index is 1.74. The number of hydrogen-bond acceptors (Lipinski definition) is 4. The molecule has 4 aromatic rings. The lowest BCUT2D eigenvalue weighted by atomic mass is 10.2. The molecule has 0 spiro atoms. The molecule has 4 rings (SSSR count). The monoisotopic (exact) mass is 279 g/mol. The van der Waals surface area contributed by atoms with E-state index in [-0.39, 0.29) is 0 Å². The lowest BCUT2D eigenvalue weighted by Gasteiger charge is -1.93. The van der Waals surface area contributed by atoms with Gasteiger partial charge < -0.3 is 14.1 Å². The second-order valence-corrected chi connectivity index (χ2v) is 4.92. The number of imidazole rings is 1. The first-order valence-corrected chi connectivity index (χ1v) is 6.66. The van der Waals surface area contributed by atoms with Crippen molar-refractivity contribution in [2.75, 3.05) is 0 Å². The van der Waals surface area contributed by atoms with E-state index in [1.165, 1.54) is 0 Å². The van der Waals surface area contributed by atoms with Crippen LogP contribution in [0.3, 0.4) is 0 Å². The fourth-order valence-electron chi connectivity index (χ4n) is 2.50. The first kappa shape index (κ1) is 11.9. The fraction of sp³-hybridized carbons (Fsp3) is 0.133.